The first-order valence-corrected chi connectivity index (χ1v) is 9.90. The predicted octanol–water partition coefficient (Wildman–Crippen LogP) is 5.26. The van der Waals surface area contributed by atoms with Gasteiger partial charge in [-0.05, 0) is 54.1 Å². The quantitative estimate of drug-likeness (QED) is 0.400. The molecule has 4 aromatic rings. The molecule has 1 amide bonds. The molecular formula is C22H17BrFN3O3. The van der Waals surface area contributed by atoms with Crippen molar-refractivity contribution in [1.82, 2.24) is 9.78 Å². The number of amides is 1. The van der Waals surface area contributed by atoms with Crippen LogP contribution >= 0.6 is 15.9 Å². The summed E-state index contributed by atoms with van der Waals surface area (Å²) in [7, 11) is 0. The van der Waals surface area contributed by atoms with Gasteiger partial charge in [0, 0.05) is 10.7 Å². The zero-order valence-corrected chi connectivity index (χ0v) is 17.3. The summed E-state index contributed by atoms with van der Waals surface area (Å²) >= 11 is 3.41. The second kappa shape index (κ2) is 8.96. The van der Waals surface area contributed by atoms with Crippen LogP contribution in [0.5, 0.6) is 5.75 Å². The molecule has 8 heteroatoms. The molecule has 2 aromatic carbocycles. The highest BCUT2D eigenvalue weighted by Crippen LogP contribution is 2.17. The fraction of sp³-hybridized carbons (Fsp3) is 0.0909. The molecule has 4 rings (SSSR count). The number of nitrogens with one attached hydrogen (secondary N) is 1. The van der Waals surface area contributed by atoms with E-state index in [1.54, 1.807) is 29.2 Å². The normalized spacial score (nSPS) is 10.7. The van der Waals surface area contributed by atoms with Gasteiger partial charge in [0.25, 0.3) is 5.91 Å². The third-order valence-corrected chi connectivity index (χ3v) is 4.76. The van der Waals surface area contributed by atoms with Crippen molar-refractivity contribution in [3.63, 3.8) is 0 Å². The van der Waals surface area contributed by atoms with Gasteiger partial charge in [-0.25, -0.2) is 4.39 Å². The van der Waals surface area contributed by atoms with Crippen LogP contribution in [0.4, 0.5) is 10.1 Å². The summed E-state index contributed by atoms with van der Waals surface area (Å²) in [5.41, 5.74) is 1.66. The van der Waals surface area contributed by atoms with Crippen molar-refractivity contribution in [2.75, 3.05) is 5.32 Å². The first-order chi connectivity index (χ1) is 14.5. The van der Waals surface area contributed by atoms with E-state index < -0.39 is 0 Å². The first-order valence-electron chi connectivity index (χ1n) is 9.10. The molecule has 0 fully saturated rings. The number of aromatic nitrogens is 2. The Kier molecular flexibility index (Phi) is 5.94. The number of carbonyl (C=O) groups is 1. The number of carbonyl (C=O) groups excluding carboxylic acids is 1. The monoisotopic (exact) mass is 469 g/mol. The van der Waals surface area contributed by atoms with Gasteiger partial charge in [0.2, 0.25) is 0 Å². The van der Waals surface area contributed by atoms with Gasteiger partial charge in [-0.2, -0.15) is 5.10 Å². The van der Waals surface area contributed by atoms with E-state index >= 15 is 0 Å². The van der Waals surface area contributed by atoms with Crippen LogP contribution in [-0.2, 0) is 13.2 Å². The van der Waals surface area contributed by atoms with Crippen molar-refractivity contribution in [2.24, 2.45) is 0 Å². The lowest BCUT2D eigenvalue weighted by Crippen LogP contribution is -2.10. The average molecular weight is 470 g/mol. The minimum Gasteiger partial charge on any atom is -0.486 e. The maximum absolute atomic E-state index is 12.9. The zero-order chi connectivity index (χ0) is 20.9. The molecule has 6 nitrogen and oxygen atoms in total. The van der Waals surface area contributed by atoms with Gasteiger partial charge in [-0.3, -0.25) is 9.48 Å². The molecule has 0 aliphatic heterocycles. The van der Waals surface area contributed by atoms with Crippen LogP contribution in [0.25, 0.3) is 0 Å². The van der Waals surface area contributed by atoms with E-state index in [2.05, 4.69) is 26.3 Å². The van der Waals surface area contributed by atoms with Gasteiger partial charge < -0.3 is 14.5 Å². The number of benzene rings is 2. The lowest BCUT2D eigenvalue weighted by atomic mass is 10.2. The average Bonchev–Trinajstić information content (AvgIpc) is 3.39. The van der Waals surface area contributed by atoms with Gasteiger partial charge in [0.05, 0.1) is 18.4 Å². The summed E-state index contributed by atoms with van der Waals surface area (Å²) in [6.45, 7) is 0.721. The van der Waals surface area contributed by atoms with Gasteiger partial charge in [-0.1, -0.05) is 28.1 Å². The summed E-state index contributed by atoms with van der Waals surface area (Å²) < 4.78 is 26.7. The molecule has 0 bridgehead atoms. The number of anilines is 1. The van der Waals surface area contributed by atoms with Crippen LogP contribution in [0.3, 0.4) is 0 Å². The van der Waals surface area contributed by atoms with E-state index in [1.807, 2.05) is 24.3 Å². The molecule has 30 heavy (non-hydrogen) atoms. The van der Waals surface area contributed by atoms with E-state index in [0.717, 1.165) is 10.0 Å². The number of hydrogen-bond donors (Lipinski definition) is 1. The van der Waals surface area contributed by atoms with E-state index in [0.29, 0.717) is 23.7 Å². The number of hydrogen-bond acceptors (Lipinski definition) is 4. The van der Waals surface area contributed by atoms with Gasteiger partial charge in [-0.15, -0.1) is 0 Å². The summed E-state index contributed by atoms with van der Waals surface area (Å²) in [6, 6.07) is 16.9. The standard InChI is InChI=1S/C22H17BrFN3O3/c23-16-3-1-15(2-4-16)12-27-13-18(11-25-27)26-22(28)21-10-9-20(30-21)14-29-19-7-5-17(24)6-8-19/h1-11,13H,12,14H2,(H,26,28). The Bertz CT molecular complexity index is 1140. The van der Waals surface area contributed by atoms with Crippen molar-refractivity contribution >= 4 is 27.5 Å². The highest BCUT2D eigenvalue weighted by atomic mass is 79.9. The second-order valence-corrected chi connectivity index (χ2v) is 7.43. The Labute approximate surface area is 180 Å². The largest absolute Gasteiger partial charge is 0.486 e. The van der Waals surface area contributed by atoms with Crippen LogP contribution in [0, 0.1) is 5.82 Å². The van der Waals surface area contributed by atoms with E-state index in [1.165, 1.54) is 24.3 Å². The Balaban J connectivity index is 1.32. The van der Waals surface area contributed by atoms with Gasteiger partial charge in [0.1, 0.15) is 23.9 Å². The molecule has 0 spiro atoms. The molecule has 0 atom stereocenters. The van der Waals surface area contributed by atoms with Crippen LogP contribution in [0.15, 0.2) is 81.9 Å². The molecule has 0 aliphatic carbocycles. The fourth-order valence-electron chi connectivity index (χ4n) is 2.75. The van der Waals surface area contributed by atoms with Crippen LogP contribution < -0.4 is 10.1 Å². The third kappa shape index (κ3) is 5.15. The summed E-state index contributed by atoms with van der Waals surface area (Å²) in [4.78, 5) is 12.4. The number of rotatable bonds is 7. The van der Waals surface area contributed by atoms with Crippen molar-refractivity contribution in [2.45, 2.75) is 13.2 Å². The van der Waals surface area contributed by atoms with Crippen molar-refractivity contribution in [3.05, 3.63) is 100 Å². The van der Waals surface area contributed by atoms with Crippen molar-refractivity contribution in [1.29, 1.82) is 0 Å². The molecule has 0 aliphatic rings. The molecule has 0 unspecified atom stereocenters. The zero-order valence-electron chi connectivity index (χ0n) is 15.7. The van der Waals surface area contributed by atoms with Crippen LogP contribution in [0.2, 0.25) is 0 Å². The smallest absolute Gasteiger partial charge is 0.291 e. The van der Waals surface area contributed by atoms with E-state index in [9.17, 15) is 9.18 Å². The SMILES string of the molecule is O=C(Nc1cnn(Cc2ccc(Br)cc2)c1)c1ccc(COc2ccc(F)cc2)o1. The molecule has 152 valence electrons. The number of nitrogens with zero attached hydrogens (tertiary/aromatic N) is 2. The minimum absolute atomic E-state index is 0.129. The highest BCUT2D eigenvalue weighted by Gasteiger charge is 2.13. The molecule has 0 saturated carbocycles. The molecular weight excluding hydrogens is 453 g/mol. The molecule has 0 saturated heterocycles. The first kappa shape index (κ1) is 19.9. The van der Waals surface area contributed by atoms with Gasteiger partial charge in [0.15, 0.2) is 5.76 Å². The topological polar surface area (TPSA) is 69.3 Å². The number of furan rings is 1. The highest BCUT2D eigenvalue weighted by molar-refractivity contribution is 9.10. The van der Waals surface area contributed by atoms with Crippen LogP contribution in [0.1, 0.15) is 21.9 Å². The summed E-state index contributed by atoms with van der Waals surface area (Å²) in [5.74, 6) is 0.437. The molecule has 1 N–H and O–H groups in total. The van der Waals surface area contributed by atoms with Crippen molar-refractivity contribution in [3.8, 4) is 5.75 Å². The Morgan fingerprint density at radius 3 is 2.63 bits per heavy atom. The number of halogens is 2. The third-order valence-electron chi connectivity index (χ3n) is 4.23. The van der Waals surface area contributed by atoms with E-state index in [-0.39, 0.29) is 24.1 Å². The minimum atomic E-state index is -0.383. The molecule has 2 aromatic heterocycles. The summed E-state index contributed by atoms with van der Waals surface area (Å²) in [6.07, 6.45) is 3.33. The molecule has 2 heterocycles. The lowest BCUT2D eigenvalue weighted by molar-refractivity contribution is 0.0992. The maximum Gasteiger partial charge on any atom is 0.291 e. The Morgan fingerprint density at radius 2 is 1.87 bits per heavy atom. The number of ether oxygens (including phenoxy) is 1. The van der Waals surface area contributed by atoms with Crippen LogP contribution in [-0.4, -0.2) is 15.7 Å². The Morgan fingerprint density at radius 1 is 1.10 bits per heavy atom. The van der Waals surface area contributed by atoms with E-state index in [4.69, 9.17) is 9.15 Å². The summed E-state index contributed by atoms with van der Waals surface area (Å²) in [5, 5.41) is 7.03. The second-order valence-electron chi connectivity index (χ2n) is 6.52. The fourth-order valence-corrected chi connectivity index (χ4v) is 3.01. The molecule has 0 radical (unpaired) electrons. The lowest BCUT2D eigenvalue weighted by Gasteiger charge is -2.04. The van der Waals surface area contributed by atoms with Crippen molar-refractivity contribution < 1.29 is 18.3 Å². The maximum atomic E-state index is 12.9. The Hall–Kier alpha value is -3.39. The van der Waals surface area contributed by atoms with Gasteiger partial charge >= 0.3 is 0 Å². The predicted molar refractivity (Wildman–Crippen MR) is 113 cm³/mol.